The van der Waals surface area contributed by atoms with Gasteiger partial charge in [0.25, 0.3) is 0 Å². The number of rotatable bonds is 5. The molecule has 2 aromatic rings. The molecule has 3 rings (SSSR count). The number of aromatic nitrogens is 2. The van der Waals surface area contributed by atoms with E-state index in [4.69, 9.17) is 9.72 Å². The summed E-state index contributed by atoms with van der Waals surface area (Å²) in [5.41, 5.74) is 1.30. The second kappa shape index (κ2) is 7.61. The molecule has 2 heterocycles. The molecule has 1 aliphatic heterocycles. The van der Waals surface area contributed by atoms with Crippen molar-refractivity contribution in [3.05, 3.63) is 48.3 Å². The van der Waals surface area contributed by atoms with Crippen molar-refractivity contribution < 1.29 is 4.74 Å². The Labute approximate surface area is 135 Å². The molecule has 0 unspecified atom stereocenters. The third kappa shape index (κ3) is 3.99. The lowest BCUT2D eigenvalue weighted by molar-refractivity contribution is 0.0853. The molecule has 0 bridgehead atoms. The lowest BCUT2D eigenvalue weighted by atomic mass is 10.1. The Balaban J connectivity index is 1.64. The summed E-state index contributed by atoms with van der Waals surface area (Å²) in [5.74, 6) is 1.87. The minimum absolute atomic E-state index is 0.498. The minimum Gasteiger partial charge on any atom is -0.381 e. The van der Waals surface area contributed by atoms with Gasteiger partial charge in [0.2, 0.25) is 0 Å². The van der Waals surface area contributed by atoms with E-state index in [0.29, 0.717) is 6.04 Å². The number of thioether (sulfide) groups is 1. The molecule has 0 aliphatic carbocycles. The van der Waals surface area contributed by atoms with Crippen LogP contribution in [0.15, 0.2) is 47.8 Å². The molecule has 0 amide bonds. The van der Waals surface area contributed by atoms with Crippen LogP contribution in [0.3, 0.4) is 0 Å². The molecular formula is C17H21N3OS. The maximum absolute atomic E-state index is 5.43. The van der Waals surface area contributed by atoms with E-state index in [9.17, 15) is 0 Å². The van der Waals surface area contributed by atoms with E-state index >= 15 is 0 Å². The van der Waals surface area contributed by atoms with Gasteiger partial charge in [-0.2, -0.15) is 0 Å². The van der Waals surface area contributed by atoms with E-state index in [0.717, 1.165) is 42.7 Å². The van der Waals surface area contributed by atoms with Crippen molar-refractivity contribution in [1.29, 1.82) is 0 Å². The van der Waals surface area contributed by atoms with E-state index in [1.54, 1.807) is 11.8 Å². The van der Waals surface area contributed by atoms with Gasteiger partial charge in [0, 0.05) is 32.1 Å². The third-order valence-electron chi connectivity index (χ3n) is 3.93. The largest absolute Gasteiger partial charge is 0.381 e. The van der Waals surface area contributed by atoms with Gasteiger partial charge in [0.1, 0.15) is 10.8 Å². The van der Waals surface area contributed by atoms with Crippen molar-refractivity contribution in [3.63, 3.8) is 0 Å². The van der Waals surface area contributed by atoms with Crippen LogP contribution < -0.4 is 4.90 Å². The summed E-state index contributed by atoms with van der Waals surface area (Å²) in [7, 11) is 2.10. The summed E-state index contributed by atoms with van der Waals surface area (Å²) in [5, 5.41) is 0.972. The Morgan fingerprint density at radius 3 is 2.73 bits per heavy atom. The molecule has 0 radical (unpaired) electrons. The van der Waals surface area contributed by atoms with Gasteiger partial charge in [-0.3, -0.25) is 4.98 Å². The normalized spacial score (nSPS) is 15.7. The van der Waals surface area contributed by atoms with Crippen LogP contribution in [0, 0.1) is 0 Å². The van der Waals surface area contributed by atoms with Crippen LogP contribution in [-0.2, 0) is 10.5 Å². The Morgan fingerprint density at radius 2 is 1.95 bits per heavy atom. The fraction of sp³-hybridized carbons (Fsp3) is 0.412. The van der Waals surface area contributed by atoms with Crippen molar-refractivity contribution in [1.82, 2.24) is 9.97 Å². The van der Waals surface area contributed by atoms with Gasteiger partial charge in [0.05, 0.1) is 12.4 Å². The molecule has 116 valence electrons. The van der Waals surface area contributed by atoms with Gasteiger partial charge in [-0.15, -0.1) is 11.8 Å². The Hall–Kier alpha value is -1.59. The molecule has 0 N–H and O–H groups in total. The highest BCUT2D eigenvalue weighted by atomic mass is 32.2. The average Bonchev–Trinajstić information content (AvgIpc) is 2.61. The standard InChI is InChI=1S/C17H21N3OS/c1-20(15-7-9-21-10-8-15)16-11-18-12-17(19-16)22-13-14-5-3-2-4-6-14/h2-6,11-12,15H,7-10,13H2,1H3. The van der Waals surface area contributed by atoms with Crippen LogP contribution in [0.25, 0.3) is 0 Å². The molecule has 1 aromatic heterocycles. The molecule has 1 aliphatic rings. The molecule has 0 spiro atoms. The van der Waals surface area contributed by atoms with Gasteiger partial charge in [-0.1, -0.05) is 30.3 Å². The summed E-state index contributed by atoms with van der Waals surface area (Å²) >= 11 is 1.73. The zero-order valence-corrected chi connectivity index (χ0v) is 13.6. The Morgan fingerprint density at radius 1 is 1.18 bits per heavy atom. The van der Waals surface area contributed by atoms with Gasteiger partial charge >= 0.3 is 0 Å². The first-order valence-electron chi connectivity index (χ1n) is 7.62. The molecule has 5 heteroatoms. The number of hydrogen-bond acceptors (Lipinski definition) is 5. The van der Waals surface area contributed by atoms with Crippen LogP contribution in [0.1, 0.15) is 18.4 Å². The van der Waals surface area contributed by atoms with Crippen LogP contribution in [0.5, 0.6) is 0 Å². The zero-order valence-electron chi connectivity index (χ0n) is 12.8. The van der Waals surface area contributed by atoms with Crippen LogP contribution in [-0.4, -0.2) is 36.3 Å². The Bertz CT molecular complexity index is 587. The van der Waals surface area contributed by atoms with E-state index < -0.39 is 0 Å². The fourth-order valence-electron chi connectivity index (χ4n) is 2.57. The van der Waals surface area contributed by atoms with E-state index in [1.165, 1.54) is 5.56 Å². The van der Waals surface area contributed by atoms with Crippen molar-refractivity contribution in [2.75, 3.05) is 25.2 Å². The van der Waals surface area contributed by atoms with Crippen LogP contribution in [0.4, 0.5) is 5.82 Å². The first kappa shape index (κ1) is 15.3. The van der Waals surface area contributed by atoms with Gasteiger partial charge in [-0.25, -0.2) is 4.98 Å². The summed E-state index contributed by atoms with van der Waals surface area (Å²) in [6.45, 7) is 1.68. The third-order valence-corrected chi connectivity index (χ3v) is 4.90. The number of anilines is 1. The zero-order chi connectivity index (χ0) is 15.2. The predicted octanol–water partition coefficient (Wildman–Crippen LogP) is 3.38. The molecule has 0 atom stereocenters. The highest BCUT2D eigenvalue weighted by Gasteiger charge is 2.19. The molecular weight excluding hydrogens is 294 g/mol. The second-order valence-electron chi connectivity index (χ2n) is 5.44. The fourth-order valence-corrected chi connectivity index (χ4v) is 3.37. The highest BCUT2D eigenvalue weighted by molar-refractivity contribution is 7.98. The van der Waals surface area contributed by atoms with Crippen molar-refractivity contribution >= 4 is 17.6 Å². The SMILES string of the molecule is CN(c1cncc(SCc2ccccc2)n1)C1CCOCC1. The number of benzene rings is 1. The van der Waals surface area contributed by atoms with Crippen LogP contribution >= 0.6 is 11.8 Å². The summed E-state index contributed by atoms with van der Waals surface area (Å²) in [4.78, 5) is 11.3. The molecule has 0 saturated carbocycles. The summed E-state index contributed by atoms with van der Waals surface area (Å²) in [6.07, 6.45) is 5.80. The van der Waals surface area contributed by atoms with Crippen molar-refractivity contribution in [3.8, 4) is 0 Å². The van der Waals surface area contributed by atoms with Crippen molar-refractivity contribution in [2.24, 2.45) is 0 Å². The monoisotopic (exact) mass is 315 g/mol. The Kier molecular flexibility index (Phi) is 5.29. The number of hydrogen-bond donors (Lipinski definition) is 0. The smallest absolute Gasteiger partial charge is 0.148 e. The number of ether oxygens (including phenoxy) is 1. The molecule has 1 fully saturated rings. The van der Waals surface area contributed by atoms with E-state index in [2.05, 4.69) is 41.2 Å². The first-order chi connectivity index (χ1) is 10.8. The van der Waals surface area contributed by atoms with Crippen molar-refractivity contribution in [2.45, 2.75) is 29.7 Å². The lowest BCUT2D eigenvalue weighted by Gasteiger charge is -2.31. The molecule has 1 saturated heterocycles. The van der Waals surface area contributed by atoms with Gasteiger partial charge < -0.3 is 9.64 Å². The molecule has 22 heavy (non-hydrogen) atoms. The quantitative estimate of drug-likeness (QED) is 0.791. The van der Waals surface area contributed by atoms with Crippen LogP contribution in [0.2, 0.25) is 0 Å². The molecule has 1 aromatic carbocycles. The topological polar surface area (TPSA) is 38.2 Å². The van der Waals surface area contributed by atoms with Gasteiger partial charge in [0.15, 0.2) is 0 Å². The maximum atomic E-state index is 5.43. The maximum Gasteiger partial charge on any atom is 0.148 e. The average molecular weight is 315 g/mol. The van der Waals surface area contributed by atoms with E-state index in [-0.39, 0.29) is 0 Å². The predicted molar refractivity (Wildman–Crippen MR) is 90.3 cm³/mol. The van der Waals surface area contributed by atoms with E-state index in [1.807, 2.05) is 18.5 Å². The summed E-state index contributed by atoms with van der Waals surface area (Å²) in [6, 6.07) is 10.9. The lowest BCUT2D eigenvalue weighted by Crippen LogP contribution is -2.37. The highest BCUT2D eigenvalue weighted by Crippen LogP contribution is 2.24. The number of nitrogens with zero attached hydrogens (tertiary/aromatic N) is 3. The van der Waals surface area contributed by atoms with Gasteiger partial charge in [-0.05, 0) is 18.4 Å². The molecule has 4 nitrogen and oxygen atoms in total. The minimum atomic E-state index is 0.498. The second-order valence-corrected chi connectivity index (χ2v) is 6.44. The summed E-state index contributed by atoms with van der Waals surface area (Å²) < 4.78 is 5.43. The first-order valence-corrected chi connectivity index (χ1v) is 8.61.